The Morgan fingerprint density at radius 3 is 2.32 bits per heavy atom. The highest BCUT2D eigenvalue weighted by Gasteiger charge is 2.22. The summed E-state index contributed by atoms with van der Waals surface area (Å²) in [5.41, 5.74) is 5.08. The number of carbonyl (C=O) groups excluding carboxylic acids is 1. The molecule has 1 aliphatic heterocycles. The minimum absolute atomic E-state index is 0.00138. The van der Waals surface area contributed by atoms with Crippen molar-refractivity contribution in [2.75, 3.05) is 13.1 Å². The van der Waals surface area contributed by atoms with Gasteiger partial charge >= 0.3 is 0 Å². The number of rotatable bonds is 3. The van der Waals surface area contributed by atoms with Crippen molar-refractivity contribution in [2.45, 2.75) is 18.9 Å². The molecule has 0 atom stereocenters. The topological polar surface area (TPSA) is 70.7 Å². The summed E-state index contributed by atoms with van der Waals surface area (Å²) in [6.07, 6.45) is 6.49. The van der Waals surface area contributed by atoms with Crippen LogP contribution in [0.15, 0.2) is 67.1 Å². The average molecular weight is 433 g/mol. The Hall–Kier alpha value is -3.22. The zero-order chi connectivity index (χ0) is 21.4. The molecule has 1 amide bonds. The van der Waals surface area contributed by atoms with E-state index in [1.165, 1.54) is 0 Å². The molecular formula is C24H21ClN4O2. The number of piperidine rings is 1. The Bertz CT molecular complexity index is 1230. The zero-order valence-corrected chi connectivity index (χ0v) is 17.5. The number of amides is 1. The van der Waals surface area contributed by atoms with Crippen LogP contribution < -0.4 is 0 Å². The average Bonchev–Trinajstić information content (AvgIpc) is 3.23. The van der Waals surface area contributed by atoms with Crippen molar-refractivity contribution in [3.63, 3.8) is 0 Å². The van der Waals surface area contributed by atoms with E-state index in [0.29, 0.717) is 36.5 Å². The van der Waals surface area contributed by atoms with Crippen LogP contribution >= 0.6 is 11.6 Å². The first-order valence-electron chi connectivity index (χ1n) is 10.3. The Labute approximate surface area is 184 Å². The molecule has 1 fully saturated rings. The number of aliphatic hydroxyl groups excluding tert-OH is 1. The molecule has 31 heavy (non-hydrogen) atoms. The predicted octanol–water partition coefficient (Wildman–Crippen LogP) is 4.31. The number of benzene rings is 2. The van der Waals surface area contributed by atoms with Crippen molar-refractivity contribution in [1.29, 1.82) is 0 Å². The molecule has 0 spiro atoms. The Balaban J connectivity index is 1.42. The highest BCUT2D eigenvalue weighted by molar-refractivity contribution is 6.30. The normalized spacial score (nSPS) is 14.8. The molecule has 0 saturated carbocycles. The Kier molecular flexibility index (Phi) is 5.18. The van der Waals surface area contributed by atoms with Crippen molar-refractivity contribution in [3.8, 4) is 22.5 Å². The van der Waals surface area contributed by atoms with Crippen molar-refractivity contribution in [3.05, 3.63) is 77.7 Å². The van der Waals surface area contributed by atoms with Gasteiger partial charge in [0.2, 0.25) is 0 Å². The first kappa shape index (κ1) is 19.7. The van der Waals surface area contributed by atoms with E-state index >= 15 is 0 Å². The number of likely N-dealkylation sites (tertiary alicyclic amines) is 1. The second-order valence-electron chi connectivity index (χ2n) is 7.75. The minimum Gasteiger partial charge on any atom is -0.393 e. The molecular weight excluding hydrogens is 412 g/mol. The lowest BCUT2D eigenvalue weighted by atomic mass is 10.0. The van der Waals surface area contributed by atoms with Crippen molar-refractivity contribution in [2.24, 2.45) is 0 Å². The third-order valence-corrected chi connectivity index (χ3v) is 5.97. The number of imidazole rings is 1. The highest BCUT2D eigenvalue weighted by Crippen LogP contribution is 2.25. The smallest absolute Gasteiger partial charge is 0.253 e. The van der Waals surface area contributed by atoms with Crippen molar-refractivity contribution < 1.29 is 9.90 Å². The van der Waals surface area contributed by atoms with E-state index in [1.807, 2.05) is 65.3 Å². The number of hydrogen-bond acceptors (Lipinski definition) is 4. The van der Waals surface area contributed by atoms with Gasteiger partial charge in [0.15, 0.2) is 5.65 Å². The summed E-state index contributed by atoms with van der Waals surface area (Å²) >= 11 is 6.02. The SMILES string of the molecule is O=C(c1ccc(-c2cn3c(-c4ccc(Cl)cc4)cnc3cn2)cc1)N1CCC(O)CC1. The highest BCUT2D eigenvalue weighted by atomic mass is 35.5. The number of fused-ring (bicyclic) bond motifs is 1. The van der Waals surface area contributed by atoms with E-state index in [0.717, 1.165) is 28.2 Å². The maximum atomic E-state index is 12.7. The first-order chi connectivity index (χ1) is 15.1. The summed E-state index contributed by atoms with van der Waals surface area (Å²) in [5.74, 6) is 0.00138. The molecule has 1 N–H and O–H groups in total. The summed E-state index contributed by atoms with van der Waals surface area (Å²) < 4.78 is 2.00. The number of aromatic nitrogens is 3. The second kappa shape index (κ2) is 8.13. The second-order valence-corrected chi connectivity index (χ2v) is 8.19. The van der Waals surface area contributed by atoms with Crippen LogP contribution in [0.25, 0.3) is 28.2 Å². The van der Waals surface area contributed by atoms with Gasteiger partial charge in [-0.15, -0.1) is 0 Å². The lowest BCUT2D eigenvalue weighted by Crippen LogP contribution is -2.40. The van der Waals surface area contributed by atoms with Gasteiger partial charge in [0, 0.05) is 41.0 Å². The molecule has 1 aliphatic rings. The molecule has 1 saturated heterocycles. The van der Waals surface area contributed by atoms with E-state index in [2.05, 4.69) is 9.97 Å². The van der Waals surface area contributed by atoms with Crippen LogP contribution in [0.3, 0.4) is 0 Å². The lowest BCUT2D eigenvalue weighted by Gasteiger charge is -2.29. The first-order valence-corrected chi connectivity index (χ1v) is 10.6. The molecule has 2 aromatic heterocycles. The minimum atomic E-state index is -0.298. The largest absolute Gasteiger partial charge is 0.393 e. The summed E-state index contributed by atoms with van der Waals surface area (Å²) in [6.45, 7) is 1.18. The molecule has 0 radical (unpaired) electrons. The fourth-order valence-electron chi connectivity index (χ4n) is 3.91. The molecule has 0 aliphatic carbocycles. The van der Waals surface area contributed by atoms with Crippen LogP contribution in [-0.2, 0) is 0 Å². The quantitative estimate of drug-likeness (QED) is 0.523. The summed E-state index contributed by atoms with van der Waals surface area (Å²) in [7, 11) is 0. The van der Waals surface area contributed by atoms with Gasteiger partial charge in [-0.3, -0.25) is 14.2 Å². The molecule has 0 bridgehead atoms. The maximum Gasteiger partial charge on any atom is 0.253 e. The van der Waals surface area contributed by atoms with Gasteiger partial charge in [-0.1, -0.05) is 35.9 Å². The van der Waals surface area contributed by atoms with Gasteiger partial charge < -0.3 is 10.0 Å². The zero-order valence-electron chi connectivity index (χ0n) is 16.8. The molecule has 156 valence electrons. The van der Waals surface area contributed by atoms with Gasteiger partial charge in [0.25, 0.3) is 5.91 Å². The predicted molar refractivity (Wildman–Crippen MR) is 120 cm³/mol. The third kappa shape index (κ3) is 3.92. The number of hydrogen-bond donors (Lipinski definition) is 1. The monoisotopic (exact) mass is 432 g/mol. The van der Waals surface area contributed by atoms with E-state index in [-0.39, 0.29) is 12.0 Å². The van der Waals surface area contributed by atoms with Crippen LogP contribution in [0.1, 0.15) is 23.2 Å². The molecule has 2 aromatic carbocycles. The number of carbonyl (C=O) groups is 1. The maximum absolute atomic E-state index is 12.7. The summed E-state index contributed by atoms with van der Waals surface area (Å²) in [5, 5.41) is 10.3. The van der Waals surface area contributed by atoms with Gasteiger partial charge in [-0.2, -0.15) is 0 Å². The van der Waals surface area contributed by atoms with Crippen molar-refractivity contribution in [1.82, 2.24) is 19.3 Å². The van der Waals surface area contributed by atoms with Gasteiger partial charge in [0.05, 0.1) is 29.9 Å². The van der Waals surface area contributed by atoms with Crippen LogP contribution in [0.5, 0.6) is 0 Å². The van der Waals surface area contributed by atoms with Gasteiger partial charge in [-0.25, -0.2) is 4.98 Å². The fraction of sp³-hybridized carbons (Fsp3) is 0.208. The fourth-order valence-corrected chi connectivity index (χ4v) is 4.03. The summed E-state index contributed by atoms with van der Waals surface area (Å²) in [4.78, 5) is 23.5. The standard InChI is InChI=1S/C24H21ClN4O2/c25-19-7-5-17(6-8-19)22-13-27-23-14-26-21(15-29(22)23)16-1-3-18(4-2-16)24(31)28-11-9-20(30)10-12-28/h1-8,13-15,20,30H,9-12H2. The third-order valence-electron chi connectivity index (χ3n) is 5.72. The molecule has 5 rings (SSSR count). The van der Waals surface area contributed by atoms with E-state index in [9.17, 15) is 9.90 Å². The number of aliphatic hydroxyl groups is 1. The molecule has 6 nitrogen and oxygen atoms in total. The van der Waals surface area contributed by atoms with Crippen LogP contribution in [0.4, 0.5) is 0 Å². The van der Waals surface area contributed by atoms with Crippen molar-refractivity contribution >= 4 is 23.2 Å². The van der Waals surface area contributed by atoms with Crippen LogP contribution in [0.2, 0.25) is 5.02 Å². The Morgan fingerprint density at radius 1 is 0.935 bits per heavy atom. The molecule has 7 heteroatoms. The number of halogens is 1. The van der Waals surface area contributed by atoms with Gasteiger partial charge in [-0.05, 0) is 37.1 Å². The van der Waals surface area contributed by atoms with E-state index < -0.39 is 0 Å². The number of nitrogens with zero attached hydrogens (tertiary/aromatic N) is 4. The lowest BCUT2D eigenvalue weighted by molar-refractivity contribution is 0.0546. The Morgan fingerprint density at radius 2 is 1.61 bits per heavy atom. The molecule has 0 unspecified atom stereocenters. The molecule has 3 heterocycles. The molecule has 4 aromatic rings. The summed E-state index contributed by atoms with van der Waals surface area (Å²) in [6, 6.07) is 15.1. The van der Waals surface area contributed by atoms with Crippen LogP contribution in [0, 0.1) is 0 Å². The van der Waals surface area contributed by atoms with Gasteiger partial charge in [0.1, 0.15) is 0 Å². The van der Waals surface area contributed by atoms with Crippen LogP contribution in [-0.4, -0.2) is 49.5 Å². The van der Waals surface area contributed by atoms with E-state index in [1.54, 1.807) is 11.1 Å². The van der Waals surface area contributed by atoms with E-state index in [4.69, 9.17) is 11.6 Å².